The van der Waals surface area contributed by atoms with Crippen molar-refractivity contribution in [2.45, 2.75) is 31.2 Å². The van der Waals surface area contributed by atoms with Gasteiger partial charge in [0.2, 0.25) is 10.0 Å². The van der Waals surface area contributed by atoms with Crippen LogP contribution in [0.4, 0.5) is 4.39 Å². The van der Waals surface area contributed by atoms with Crippen LogP contribution in [0.3, 0.4) is 0 Å². The molecule has 2 rings (SSSR count). The number of rotatable bonds is 7. The van der Waals surface area contributed by atoms with E-state index in [2.05, 4.69) is 4.72 Å². The van der Waals surface area contributed by atoms with Gasteiger partial charge in [-0.25, -0.2) is 17.5 Å². The van der Waals surface area contributed by atoms with Gasteiger partial charge in [-0.1, -0.05) is 42.5 Å². The summed E-state index contributed by atoms with van der Waals surface area (Å²) in [5.41, 5.74) is 1.26. The van der Waals surface area contributed by atoms with Gasteiger partial charge in [-0.2, -0.15) is 0 Å². The quantitative estimate of drug-likeness (QED) is 0.816. The van der Waals surface area contributed by atoms with Crippen molar-refractivity contribution in [3.05, 3.63) is 71.5 Å². The van der Waals surface area contributed by atoms with Gasteiger partial charge in [-0.15, -0.1) is 0 Å². The van der Waals surface area contributed by atoms with Crippen molar-refractivity contribution in [3.63, 3.8) is 0 Å². The molecular weight excluding hydrogens is 317 g/mol. The van der Waals surface area contributed by atoms with Crippen molar-refractivity contribution < 1.29 is 17.9 Å². The normalized spacial score (nSPS) is 14.4. The Morgan fingerprint density at radius 3 is 2.30 bits per heavy atom. The molecule has 23 heavy (non-hydrogen) atoms. The SMILES string of the molecule is CC(CC(O)c1ccc(F)cc1)NS(=O)(=O)Cc1ccccc1. The van der Waals surface area contributed by atoms with Gasteiger partial charge in [-0.05, 0) is 36.6 Å². The largest absolute Gasteiger partial charge is 0.388 e. The molecule has 6 heteroatoms. The second-order valence-electron chi connectivity index (χ2n) is 5.57. The van der Waals surface area contributed by atoms with Crippen LogP contribution >= 0.6 is 0 Å². The van der Waals surface area contributed by atoms with Gasteiger partial charge in [0.05, 0.1) is 11.9 Å². The van der Waals surface area contributed by atoms with Crippen LogP contribution in [0, 0.1) is 5.82 Å². The van der Waals surface area contributed by atoms with E-state index in [1.807, 2.05) is 6.07 Å². The molecule has 0 spiro atoms. The molecule has 2 atom stereocenters. The molecule has 0 amide bonds. The first-order valence-electron chi connectivity index (χ1n) is 7.33. The van der Waals surface area contributed by atoms with Gasteiger partial charge < -0.3 is 5.11 Å². The first-order valence-corrected chi connectivity index (χ1v) is 8.98. The highest BCUT2D eigenvalue weighted by molar-refractivity contribution is 7.88. The topological polar surface area (TPSA) is 66.4 Å². The summed E-state index contributed by atoms with van der Waals surface area (Å²) < 4.78 is 39.7. The van der Waals surface area contributed by atoms with Crippen LogP contribution < -0.4 is 4.72 Å². The lowest BCUT2D eigenvalue weighted by Crippen LogP contribution is -2.34. The molecule has 0 aliphatic heterocycles. The smallest absolute Gasteiger partial charge is 0.216 e. The maximum absolute atomic E-state index is 12.9. The lowest BCUT2D eigenvalue weighted by Gasteiger charge is -2.18. The summed E-state index contributed by atoms with van der Waals surface area (Å²) in [4.78, 5) is 0. The first kappa shape index (κ1) is 17.6. The molecule has 0 aromatic heterocycles. The molecule has 0 heterocycles. The molecule has 124 valence electrons. The van der Waals surface area contributed by atoms with E-state index >= 15 is 0 Å². The fourth-order valence-corrected chi connectivity index (χ4v) is 3.77. The van der Waals surface area contributed by atoms with Crippen molar-refractivity contribution in [1.29, 1.82) is 0 Å². The minimum atomic E-state index is -3.49. The zero-order valence-electron chi connectivity index (χ0n) is 12.8. The third-order valence-corrected chi connectivity index (χ3v) is 4.89. The van der Waals surface area contributed by atoms with Crippen molar-refractivity contribution in [3.8, 4) is 0 Å². The maximum Gasteiger partial charge on any atom is 0.216 e. The fraction of sp³-hybridized carbons (Fsp3) is 0.294. The average molecular weight is 337 g/mol. The van der Waals surface area contributed by atoms with Crippen molar-refractivity contribution in [1.82, 2.24) is 4.72 Å². The van der Waals surface area contributed by atoms with Crippen molar-refractivity contribution in [2.24, 2.45) is 0 Å². The van der Waals surface area contributed by atoms with E-state index in [9.17, 15) is 17.9 Å². The van der Waals surface area contributed by atoms with Crippen LogP contribution in [-0.4, -0.2) is 19.6 Å². The van der Waals surface area contributed by atoms with Gasteiger partial charge in [0.1, 0.15) is 5.82 Å². The first-order chi connectivity index (χ1) is 10.9. The summed E-state index contributed by atoms with van der Waals surface area (Å²) in [6, 6.07) is 14.0. The van der Waals surface area contributed by atoms with E-state index in [0.29, 0.717) is 11.1 Å². The number of sulfonamides is 1. The molecular formula is C17H20FNO3S. The number of aliphatic hydroxyl groups excluding tert-OH is 1. The Hall–Kier alpha value is -1.76. The number of benzene rings is 2. The summed E-state index contributed by atoms with van der Waals surface area (Å²) >= 11 is 0. The Morgan fingerprint density at radius 1 is 1.09 bits per heavy atom. The third-order valence-electron chi connectivity index (χ3n) is 3.41. The molecule has 2 N–H and O–H groups in total. The predicted molar refractivity (Wildman–Crippen MR) is 87.6 cm³/mol. The Kier molecular flexibility index (Phi) is 5.87. The molecule has 0 radical (unpaired) electrons. The lowest BCUT2D eigenvalue weighted by molar-refractivity contribution is 0.158. The highest BCUT2D eigenvalue weighted by Crippen LogP contribution is 2.19. The van der Waals surface area contributed by atoms with Crippen LogP contribution in [0.2, 0.25) is 0 Å². The average Bonchev–Trinajstić information content (AvgIpc) is 2.47. The fourth-order valence-electron chi connectivity index (χ4n) is 2.35. The van der Waals surface area contributed by atoms with Crippen LogP contribution in [0.15, 0.2) is 54.6 Å². The summed E-state index contributed by atoms with van der Waals surface area (Å²) in [5, 5.41) is 10.1. The number of halogens is 1. The minimum absolute atomic E-state index is 0.106. The van der Waals surface area contributed by atoms with E-state index in [4.69, 9.17) is 0 Å². The third kappa shape index (κ3) is 5.74. The van der Waals surface area contributed by atoms with Gasteiger partial charge in [0.25, 0.3) is 0 Å². The van der Waals surface area contributed by atoms with Gasteiger partial charge in [0.15, 0.2) is 0 Å². The molecule has 2 aromatic rings. The Bertz CT molecular complexity index is 717. The molecule has 0 saturated carbocycles. The number of hydrogen-bond donors (Lipinski definition) is 2. The second kappa shape index (κ2) is 7.68. The number of aliphatic hydroxyl groups is 1. The van der Waals surface area contributed by atoms with Crippen molar-refractivity contribution in [2.75, 3.05) is 0 Å². The monoisotopic (exact) mass is 337 g/mol. The summed E-state index contributed by atoms with van der Waals surface area (Å²) in [7, 11) is -3.49. The minimum Gasteiger partial charge on any atom is -0.388 e. The standard InChI is InChI=1S/C17H20FNO3S/c1-13(11-17(20)15-7-9-16(18)10-8-15)19-23(21,22)12-14-5-3-2-4-6-14/h2-10,13,17,19-20H,11-12H2,1H3. The lowest BCUT2D eigenvalue weighted by atomic mass is 10.0. The van der Waals surface area contributed by atoms with Crippen LogP contribution in [0.5, 0.6) is 0 Å². The van der Waals surface area contributed by atoms with Crippen molar-refractivity contribution >= 4 is 10.0 Å². The number of nitrogens with one attached hydrogen (secondary N) is 1. The molecule has 0 fully saturated rings. The highest BCUT2D eigenvalue weighted by Gasteiger charge is 2.18. The second-order valence-corrected chi connectivity index (χ2v) is 7.32. The Balaban J connectivity index is 1.92. The molecule has 2 unspecified atom stereocenters. The molecule has 0 aliphatic carbocycles. The van der Waals surface area contributed by atoms with Crippen LogP contribution in [0.1, 0.15) is 30.6 Å². The molecule has 2 aromatic carbocycles. The number of hydrogen-bond acceptors (Lipinski definition) is 3. The van der Waals surface area contributed by atoms with E-state index in [1.165, 1.54) is 24.3 Å². The summed E-state index contributed by atoms with van der Waals surface area (Å²) in [5.74, 6) is -0.484. The Labute approximate surface area is 136 Å². The molecule has 0 bridgehead atoms. The Morgan fingerprint density at radius 2 is 1.70 bits per heavy atom. The van der Waals surface area contributed by atoms with E-state index in [0.717, 1.165) is 0 Å². The summed E-state index contributed by atoms with van der Waals surface area (Å²) in [6.45, 7) is 1.69. The van der Waals surface area contributed by atoms with Crippen LogP contribution in [0.25, 0.3) is 0 Å². The molecule has 4 nitrogen and oxygen atoms in total. The van der Waals surface area contributed by atoms with E-state index in [-0.39, 0.29) is 18.0 Å². The van der Waals surface area contributed by atoms with E-state index in [1.54, 1.807) is 31.2 Å². The van der Waals surface area contributed by atoms with Gasteiger partial charge in [-0.3, -0.25) is 0 Å². The molecule has 0 aliphatic rings. The highest BCUT2D eigenvalue weighted by atomic mass is 32.2. The predicted octanol–water partition coefficient (Wildman–Crippen LogP) is 2.76. The van der Waals surface area contributed by atoms with Gasteiger partial charge >= 0.3 is 0 Å². The van der Waals surface area contributed by atoms with E-state index < -0.39 is 22.2 Å². The zero-order chi connectivity index (χ0) is 16.9. The maximum atomic E-state index is 12.9. The zero-order valence-corrected chi connectivity index (χ0v) is 13.6. The van der Waals surface area contributed by atoms with Gasteiger partial charge in [0, 0.05) is 6.04 Å². The molecule has 0 saturated heterocycles. The summed E-state index contributed by atoms with van der Waals surface area (Å²) in [6.07, 6.45) is -0.648. The van der Waals surface area contributed by atoms with Crippen LogP contribution in [-0.2, 0) is 15.8 Å².